The van der Waals surface area contributed by atoms with E-state index in [1.807, 2.05) is 35.0 Å². The fraction of sp³-hybridized carbons (Fsp3) is 0.286. The second kappa shape index (κ2) is 5.21. The molecule has 0 saturated heterocycles. The van der Waals surface area contributed by atoms with Crippen molar-refractivity contribution in [1.82, 2.24) is 0 Å². The molecule has 0 aliphatic carbocycles. The fourth-order valence-electron chi connectivity index (χ4n) is 1.90. The molecule has 1 aromatic heterocycles. The van der Waals surface area contributed by atoms with Crippen LogP contribution in [0.3, 0.4) is 0 Å². The topological polar surface area (TPSA) is 20.3 Å². The van der Waals surface area contributed by atoms with Gasteiger partial charge in [0.15, 0.2) is 0 Å². The molecule has 0 fully saturated rings. The number of hydrogen-bond acceptors (Lipinski definition) is 2. The summed E-state index contributed by atoms with van der Waals surface area (Å²) in [5.41, 5.74) is 3.18. The van der Waals surface area contributed by atoms with Crippen LogP contribution in [0.5, 0.6) is 0 Å². The summed E-state index contributed by atoms with van der Waals surface area (Å²) in [6.07, 6.45) is 0. The molecule has 0 unspecified atom stereocenters. The molecular weight excluding hydrogens is 261 g/mol. The van der Waals surface area contributed by atoms with E-state index in [9.17, 15) is 4.57 Å². The third kappa shape index (κ3) is 2.63. The molecule has 4 heteroatoms. The van der Waals surface area contributed by atoms with Crippen molar-refractivity contribution in [2.45, 2.75) is 26.2 Å². The van der Waals surface area contributed by atoms with Gasteiger partial charge in [0.1, 0.15) is 0 Å². The molecule has 2 aromatic rings. The van der Waals surface area contributed by atoms with E-state index in [0.717, 1.165) is 11.4 Å². The highest BCUT2D eigenvalue weighted by molar-refractivity contribution is 7.27. The van der Waals surface area contributed by atoms with Crippen LogP contribution in [0.15, 0.2) is 41.1 Å². The summed E-state index contributed by atoms with van der Waals surface area (Å²) in [5, 5.41) is 4.00. The standard InChI is InChI=1S/C14H16NOPS/c1-14(2,3)12-6-4-5-7-13(12)15(17-16)11-8-9-18-10-11/h4-10H,1-3H3. The maximum Gasteiger partial charge on any atom is 0.287 e. The van der Waals surface area contributed by atoms with Crippen LogP contribution >= 0.6 is 19.9 Å². The Balaban J connectivity index is 2.53. The van der Waals surface area contributed by atoms with Gasteiger partial charge in [-0.2, -0.15) is 11.3 Å². The van der Waals surface area contributed by atoms with Crippen molar-refractivity contribution in [3.05, 3.63) is 46.7 Å². The van der Waals surface area contributed by atoms with Gasteiger partial charge in [0.25, 0.3) is 8.61 Å². The predicted molar refractivity (Wildman–Crippen MR) is 79.2 cm³/mol. The van der Waals surface area contributed by atoms with Crippen molar-refractivity contribution in [2.75, 3.05) is 4.67 Å². The van der Waals surface area contributed by atoms with E-state index in [-0.39, 0.29) is 14.0 Å². The van der Waals surface area contributed by atoms with E-state index in [0.29, 0.717) is 0 Å². The first-order valence-corrected chi connectivity index (χ1v) is 7.50. The molecule has 0 spiro atoms. The van der Waals surface area contributed by atoms with Gasteiger partial charge in [-0.05, 0) is 28.5 Å². The van der Waals surface area contributed by atoms with Gasteiger partial charge in [-0.3, -0.25) is 4.67 Å². The van der Waals surface area contributed by atoms with E-state index >= 15 is 0 Å². The molecule has 0 N–H and O–H groups in total. The van der Waals surface area contributed by atoms with Crippen LogP contribution in [-0.4, -0.2) is 0 Å². The highest BCUT2D eigenvalue weighted by Gasteiger charge is 2.22. The Morgan fingerprint density at radius 2 is 1.89 bits per heavy atom. The highest BCUT2D eigenvalue weighted by Crippen LogP contribution is 2.39. The molecule has 0 bridgehead atoms. The molecule has 0 amide bonds. The van der Waals surface area contributed by atoms with Crippen LogP contribution in [0.25, 0.3) is 0 Å². The minimum absolute atomic E-state index is 0.00639. The quantitative estimate of drug-likeness (QED) is 0.701. The smallest absolute Gasteiger partial charge is 0.259 e. The van der Waals surface area contributed by atoms with Crippen molar-refractivity contribution in [1.29, 1.82) is 0 Å². The van der Waals surface area contributed by atoms with E-state index in [1.165, 1.54) is 5.56 Å². The first-order chi connectivity index (χ1) is 8.54. The molecule has 0 aliphatic rings. The van der Waals surface area contributed by atoms with Gasteiger partial charge in [0.2, 0.25) is 0 Å². The summed E-state index contributed by atoms with van der Waals surface area (Å²) >= 11 is 1.61. The summed E-state index contributed by atoms with van der Waals surface area (Å²) < 4.78 is 13.3. The zero-order valence-electron chi connectivity index (χ0n) is 10.8. The van der Waals surface area contributed by atoms with Crippen LogP contribution in [0.4, 0.5) is 11.4 Å². The van der Waals surface area contributed by atoms with Gasteiger partial charge in [-0.25, -0.2) is 4.57 Å². The molecule has 0 aliphatic heterocycles. The second-order valence-electron chi connectivity index (χ2n) is 5.14. The number of nitrogens with zero attached hydrogens (tertiary/aromatic N) is 1. The third-order valence-corrected chi connectivity index (χ3v) is 4.05. The van der Waals surface area contributed by atoms with Gasteiger partial charge in [-0.1, -0.05) is 39.0 Å². The first-order valence-electron chi connectivity index (χ1n) is 5.79. The number of rotatable bonds is 3. The molecule has 0 atom stereocenters. The van der Waals surface area contributed by atoms with Crippen molar-refractivity contribution in [2.24, 2.45) is 0 Å². The average molecular weight is 277 g/mol. The molecular formula is C14H16NOPS. The monoisotopic (exact) mass is 277 g/mol. The van der Waals surface area contributed by atoms with Gasteiger partial charge in [0.05, 0.1) is 11.4 Å². The van der Waals surface area contributed by atoms with Gasteiger partial charge < -0.3 is 0 Å². The summed E-state index contributed by atoms with van der Waals surface area (Å²) in [4.78, 5) is 0. The maximum absolute atomic E-state index is 11.5. The van der Waals surface area contributed by atoms with Gasteiger partial charge in [0, 0.05) is 5.38 Å². The van der Waals surface area contributed by atoms with Crippen molar-refractivity contribution >= 4 is 31.3 Å². The Labute approximate surface area is 114 Å². The molecule has 18 heavy (non-hydrogen) atoms. The van der Waals surface area contributed by atoms with E-state index in [2.05, 4.69) is 26.8 Å². The Morgan fingerprint density at radius 3 is 2.44 bits per heavy atom. The minimum atomic E-state index is -0.00639. The minimum Gasteiger partial charge on any atom is -0.259 e. The number of benzene rings is 1. The predicted octanol–water partition coefficient (Wildman–Crippen LogP) is 5.39. The number of para-hydroxylation sites is 1. The lowest BCUT2D eigenvalue weighted by atomic mass is 9.86. The Bertz CT molecular complexity index is 531. The Morgan fingerprint density at radius 1 is 1.17 bits per heavy atom. The maximum atomic E-state index is 11.5. The lowest BCUT2D eigenvalue weighted by Gasteiger charge is -2.26. The molecule has 94 valence electrons. The van der Waals surface area contributed by atoms with Crippen molar-refractivity contribution in [3.63, 3.8) is 0 Å². The number of thiophene rings is 1. The van der Waals surface area contributed by atoms with Crippen LogP contribution in [0, 0.1) is 0 Å². The van der Waals surface area contributed by atoms with Gasteiger partial charge >= 0.3 is 0 Å². The first kappa shape index (κ1) is 13.3. The van der Waals surface area contributed by atoms with Crippen LogP contribution < -0.4 is 4.67 Å². The summed E-state index contributed by atoms with van der Waals surface area (Å²) in [6.45, 7) is 6.50. The van der Waals surface area contributed by atoms with Crippen molar-refractivity contribution < 1.29 is 4.57 Å². The SMILES string of the molecule is CC(C)(C)c1ccccc1N(P=O)c1ccsc1. The van der Waals surface area contributed by atoms with Crippen LogP contribution in [0.1, 0.15) is 26.3 Å². The largest absolute Gasteiger partial charge is 0.287 e. The van der Waals surface area contributed by atoms with E-state index in [1.54, 1.807) is 16.0 Å². The number of hydrogen-bond donors (Lipinski definition) is 0. The van der Waals surface area contributed by atoms with E-state index < -0.39 is 0 Å². The second-order valence-corrected chi connectivity index (χ2v) is 6.49. The summed E-state index contributed by atoms with van der Waals surface area (Å²) in [6, 6.07) is 10.1. The van der Waals surface area contributed by atoms with Crippen molar-refractivity contribution in [3.8, 4) is 0 Å². The highest BCUT2D eigenvalue weighted by atomic mass is 32.1. The summed E-state index contributed by atoms with van der Waals surface area (Å²) in [7, 11) is -0.00639. The van der Waals surface area contributed by atoms with Crippen LogP contribution in [-0.2, 0) is 9.98 Å². The lowest BCUT2D eigenvalue weighted by Crippen LogP contribution is -2.16. The molecule has 1 heterocycles. The molecule has 1 aromatic carbocycles. The lowest BCUT2D eigenvalue weighted by molar-refractivity contribution is 0.589. The summed E-state index contributed by atoms with van der Waals surface area (Å²) in [5.74, 6) is 0. The number of anilines is 2. The Kier molecular flexibility index (Phi) is 3.84. The molecule has 0 radical (unpaired) electrons. The van der Waals surface area contributed by atoms with E-state index in [4.69, 9.17) is 0 Å². The average Bonchev–Trinajstić information content (AvgIpc) is 2.83. The Hall–Kier alpha value is -1.18. The zero-order valence-corrected chi connectivity index (χ0v) is 12.5. The molecule has 2 nitrogen and oxygen atoms in total. The normalized spacial score (nSPS) is 11.7. The van der Waals surface area contributed by atoms with Crippen LogP contribution in [0.2, 0.25) is 0 Å². The van der Waals surface area contributed by atoms with Gasteiger partial charge in [-0.15, -0.1) is 0 Å². The zero-order chi connectivity index (χ0) is 13.2. The molecule has 0 saturated carbocycles. The molecule has 2 rings (SSSR count). The third-order valence-electron chi connectivity index (χ3n) is 2.77. The fourth-order valence-corrected chi connectivity index (χ4v) is 3.08.